The highest BCUT2D eigenvalue weighted by molar-refractivity contribution is 5.96. The summed E-state index contributed by atoms with van der Waals surface area (Å²) in [5, 5.41) is 12.0. The number of hydrogen-bond acceptors (Lipinski definition) is 4. The Hall–Kier alpha value is -3.02. The van der Waals surface area contributed by atoms with Crippen LogP contribution in [0.15, 0.2) is 48.5 Å². The van der Waals surface area contributed by atoms with Gasteiger partial charge in [0.05, 0.1) is 0 Å². The number of nitrogens with one attached hydrogen (secondary N) is 1. The maximum atomic E-state index is 12.2. The smallest absolute Gasteiger partial charge is 0.326 e. The van der Waals surface area contributed by atoms with Crippen LogP contribution in [-0.4, -0.2) is 28.8 Å². The molecule has 2 N–H and O–H groups in total. The Morgan fingerprint density at radius 1 is 1.08 bits per heavy atom. The average molecular weight is 341 g/mol. The van der Waals surface area contributed by atoms with Crippen LogP contribution in [0, 0.1) is 0 Å². The van der Waals surface area contributed by atoms with Crippen LogP contribution in [-0.2, 0) is 11.2 Å². The Labute approximate surface area is 145 Å². The first kappa shape index (κ1) is 16.8. The van der Waals surface area contributed by atoms with Gasteiger partial charge in [-0.25, -0.2) is 4.79 Å². The monoisotopic (exact) mass is 341 g/mol. The van der Waals surface area contributed by atoms with Gasteiger partial charge in [-0.05, 0) is 29.8 Å². The van der Waals surface area contributed by atoms with E-state index in [1.54, 1.807) is 62.4 Å². The van der Waals surface area contributed by atoms with Crippen molar-refractivity contribution in [2.24, 2.45) is 0 Å². The van der Waals surface area contributed by atoms with E-state index in [0.717, 1.165) is 5.56 Å². The highest BCUT2D eigenvalue weighted by Crippen LogP contribution is 2.39. The van der Waals surface area contributed by atoms with Crippen LogP contribution < -0.4 is 14.8 Å². The quantitative estimate of drug-likeness (QED) is 0.873. The predicted molar refractivity (Wildman–Crippen MR) is 90.8 cm³/mol. The molecule has 0 radical (unpaired) electrons. The van der Waals surface area contributed by atoms with Gasteiger partial charge in [0.25, 0.3) is 5.91 Å². The second kappa shape index (κ2) is 6.47. The Bertz CT molecular complexity index is 801. The lowest BCUT2D eigenvalue weighted by molar-refractivity contribution is -0.139. The lowest BCUT2D eigenvalue weighted by Gasteiger charge is -2.16. The van der Waals surface area contributed by atoms with E-state index < -0.39 is 23.7 Å². The van der Waals surface area contributed by atoms with Crippen molar-refractivity contribution < 1.29 is 24.2 Å². The van der Waals surface area contributed by atoms with Crippen molar-refractivity contribution in [2.75, 3.05) is 0 Å². The van der Waals surface area contributed by atoms with Crippen LogP contribution >= 0.6 is 0 Å². The highest BCUT2D eigenvalue weighted by Gasteiger charge is 2.32. The van der Waals surface area contributed by atoms with Gasteiger partial charge in [0.1, 0.15) is 6.04 Å². The van der Waals surface area contributed by atoms with Crippen LogP contribution in [0.1, 0.15) is 29.8 Å². The molecule has 0 unspecified atom stereocenters. The van der Waals surface area contributed by atoms with Crippen molar-refractivity contribution in [3.8, 4) is 11.5 Å². The van der Waals surface area contributed by atoms with Crippen molar-refractivity contribution in [3.05, 3.63) is 59.7 Å². The van der Waals surface area contributed by atoms with Crippen molar-refractivity contribution >= 4 is 11.9 Å². The second-order valence-corrected chi connectivity index (χ2v) is 6.32. The Morgan fingerprint density at radius 3 is 2.44 bits per heavy atom. The van der Waals surface area contributed by atoms with E-state index in [1.165, 1.54) is 0 Å². The first-order valence-corrected chi connectivity index (χ1v) is 7.94. The van der Waals surface area contributed by atoms with E-state index >= 15 is 0 Å². The van der Waals surface area contributed by atoms with Gasteiger partial charge in [-0.2, -0.15) is 0 Å². The lowest BCUT2D eigenvalue weighted by Crippen LogP contribution is -2.42. The van der Waals surface area contributed by atoms with Gasteiger partial charge in [0, 0.05) is 25.8 Å². The number of benzene rings is 2. The van der Waals surface area contributed by atoms with Gasteiger partial charge >= 0.3 is 5.97 Å². The van der Waals surface area contributed by atoms with Gasteiger partial charge in [0.15, 0.2) is 11.5 Å². The van der Waals surface area contributed by atoms with Crippen molar-refractivity contribution in [2.45, 2.75) is 32.1 Å². The van der Waals surface area contributed by atoms with Gasteiger partial charge in [-0.3, -0.25) is 4.79 Å². The van der Waals surface area contributed by atoms with E-state index in [-0.39, 0.29) is 6.42 Å². The van der Waals surface area contributed by atoms with Gasteiger partial charge in [0.2, 0.25) is 5.79 Å². The number of amides is 1. The summed E-state index contributed by atoms with van der Waals surface area (Å²) in [5.74, 6) is -1.07. The fourth-order valence-electron chi connectivity index (χ4n) is 2.66. The number of ether oxygens (including phenoxy) is 2. The summed E-state index contributed by atoms with van der Waals surface area (Å²) in [6.07, 6.45) is 0.144. The molecule has 3 rings (SSSR count). The zero-order valence-electron chi connectivity index (χ0n) is 14.0. The predicted octanol–water partition coefficient (Wildman–Crippen LogP) is 2.62. The molecule has 0 fully saturated rings. The summed E-state index contributed by atoms with van der Waals surface area (Å²) in [6, 6.07) is 12.7. The Morgan fingerprint density at radius 2 is 1.76 bits per heavy atom. The number of rotatable bonds is 5. The molecule has 25 heavy (non-hydrogen) atoms. The minimum absolute atomic E-state index is 0.144. The van der Waals surface area contributed by atoms with Crippen LogP contribution in [0.4, 0.5) is 0 Å². The van der Waals surface area contributed by atoms with E-state index in [0.29, 0.717) is 17.1 Å². The molecule has 2 aromatic carbocycles. The molecule has 6 heteroatoms. The molecule has 1 atom stereocenters. The number of carbonyl (C=O) groups is 2. The maximum Gasteiger partial charge on any atom is 0.326 e. The minimum atomic E-state index is -1.10. The zero-order chi connectivity index (χ0) is 18.0. The molecular weight excluding hydrogens is 322 g/mol. The maximum absolute atomic E-state index is 12.2. The molecule has 2 aromatic rings. The van der Waals surface area contributed by atoms with Crippen molar-refractivity contribution in [1.82, 2.24) is 5.32 Å². The third-order valence-electron chi connectivity index (χ3n) is 3.80. The number of fused-ring (bicyclic) bond motifs is 1. The van der Waals surface area contributed by atoms with Crippen LogP contribution in [0.2, 0.25) is 0 Å². The molecule has 0 saturated carbocycles. The molecule has 0 spiro atoms. The molecular formula is C19H19NO5. The Balaban J connectivity index is 1.73. The zero-order valence-corrected chi connectivity index (χ0v) is 14.0. The van der Waals surface area contributed by atoms with Crippen molar-refractivity contribution in [1.29, 1.82) is 0 Å². The highest BCUT2D eigenvalue weighted by atomic mass is 16.7. The summed E-state index contributed by atoms with van der Waals surface area (Å²) < 4.78 is 11.3. The van der Waals surface area contributed by atoms with E-state index in [4.69, 9.17) is 9.47 Å². The van der Waals surface area contributed by atoms with Crippen LogP contribution in [0.5, 0.6) is 11.5 Å². The van der Waals surface area contributed by atoms with E-state index in [9.17, 15) is 14.7 Å². The number of aliphatic carboxylic acids is 1. The summed E-state index contributed by atoms with van der Waals surface area (Å²) in [5.41, 5.74) is 1.15. The third kappa shape index (κ3) is 3.91. The molecule has 1 heterocycles. The van der Waals surface area contributed by atoms with Crippen molar-refractivity contribution in [3.63, 3.8) is 0 Å². The molecule has 0 bridgehead atoms. The normalized spacial score (nSPS) is 15.4. The van der Waals surface area contributed by atoms with E-state index in [2.05, 4.69) is 5.32 Å². The third-order valence-corrected chi connectivity index (χ3v) is 3.80. The number of carboxylic acid groups (broad SMARTS) is 1. The molecule has 0 saturated heterocycles. The first-order valence-electron chi connectivity index (χ1n) is 7.94. The largest absolute Gasteiger partial charge is 0.480 e. The molecule has 0 aromatic heterocycles. The van der Waals surface area contributed by atoms with Gasteiger partial charge < -0.3 is 19.9 Å². The standard InChI is InChI=1S/C19H19NO5/c1-19(2)24-15-9-8-12(11-16(15)25-19)10-14(18(22)23)20-17(21)13-6-4-3-5-7-13/h3-9,11,14H,10H2,1-2H3,(H,20,21)(H,22,23)/t14-/m0/s1. The molecule has 130 valence electrons. The summed E-state index contributed by atoms with van der Waals surface area (Å²) >= 11 is 0. The minimum Gasteiger partial charge on any atom is -0.480 e. The number of carboxylic acids is 1. The summed E-state index contributed by atoms with van der Waals surface area (Å²) in [7, 11) is 0. The number of carbonyl (C=O) groups excluding carboxylic acids is 1. The van der Waals surface area contributed by atoms with Gasteiger partial charge in [-0.15, -0.1) is 0 Å². The summed E-state index contributed by atoms with van der Waals surface area (Å²) in [6.45, 7) is 3.60. The Kier molecular flexibility index (Phi) is 4.35. The summed E-state index contributed by atoms with van der Waals surface area (Å²) in [4.78, 5) is 23.7. The lowest BCUT2D eigenvalue weighted by atomic mass is 10.0. The molecule has 6 nitrogen and oxygen atoms in total. The molecule has 1 aliphatic rings. The second-order valence-electron chi connectivity index (χ2n) is 6.32. The fourth-order valence-corrected chi connectivity index (χ4v) is 2.66. The molecule has 1 amide bonds. The van der Waals surface area contributed by atoms with Crippen LogP contribution in [0.3, 0.4) is 0 Å². The molecule has 0 aliphatic carbocycles. The van der Waals surface area contributed by atoms with Crippen LogP contribution in [0.25, 0.3) is 0 Å². The number of hydrogen-bond donors (Lipinski definition) is 2. The molecule has 1 aliphatic heterocycles. The topological polar surface area (TPSA) is 84.9 Å². The SMILES string of the molecule is CC1(C)Oc2ccc(C[C@H](NC(=O)c3ccccc3)C(=O)O)cc2O1. The van der Waals surface area contributed by atoms with E-state index in [1.807, 2.05) is 0 Å². The average Bonchev–Trinajstić information content (AvgIpc) is 2.88. The first-order chi connectivity index (χ1) is 11.8. The van der Waals surface area contributed by atoms with Gasteiger partial charge in [-0.1, -0.05) is 24.3 Å². The fraction of sp³-hybridized carbons (Fsp3) is 0.263.